The number of likely N-dealkylation sites (tertiary alicyclic amines) is 1. The fraction of sp³-hybridized carbons (Fsp3) is 0.714. The molecule has 0 bridgehead atoms. The van der Waals surface area contributed by atoms with Crippen molar-refractivity contribution in [3.8, 4) is 11.8 Å². The van der Waals surface area contributed by atoms with Crippen LogP contribution in [0.2, 0.25) is 0 Å². The van der Waals surface area contributed by atoms with Crippen LogP contribution in [-0.4, -0.2) is 41.1 Å². The number of rotatable bonds is 3. The zero-order chi connectivity index (χ0) is 13.8. The number of carboxylic acids is 1. The second-order valence-corrected chi connectivity index (χ2v) is 5.20. The minimum absolute atomic E-state index is 0.138. The summed E-state index contributed by atoms with van der Waals surface area (Å²) in [6, 6.07) is -0.913. The molecule has 1 aliphatic heterocycles. The first-order valence-electron chi connectivity index (χ1n) is 6.82. The molecule has 1 saturated carbocycles. The standard InChI is InChI=1S/C14H20N2O3/c1-2-3-4-8-15-14(19)16-9-10-6-5-7-11(10)12(16)13(17)18/h10-12H,4-9H2,1H3,(H,15,19)(H,17,18). The van der Waals surface area contributed by atoms with Crippen molar-refractivity contribution in [3.05, 3.63) is 0 Å². The van der Waals surface area contributed by atoms with Crippen molar-refractivity contribution < 1.29 is 14.7 Å². The molecule has 3 unspecified atom stereocenters. The fourth-order valence-corrected chi connectivity index (χ4v) is 3.29. The molecule has 5 heteroatoms. The molecule has 5 nitrogen and oxygen atoms in total. The molecule has 2 rings (SSSR count). The maximum Gasteiger partial charge on any atom is 0.326 e. The number of hydrogen-bond donors (Lipinski definition) is 2. The number of carbonyl (C=O) groups excluding carboxylic acids is 1. The molecule has 0 aromatic heterocycles. The molecule has 2 fully saturated rings. The van der Waals surface area contributed by atoms with Gasteiger partial charge >= 0.3 is 12.0 Å². The molecule has 2 aliphatic rings. The van der Waals surface area contributed by atoms with Crippen molar-refractivity contribution >= 4 is 12.0 Å². The molecule has 1 heterocycles. The average molecular weight is 264 g/mol. The number of aliphatic carboxylic acids is 1. The maximum atomic E-state index is 12.1. The summed E-state index contributed by atoms with van der Waals surface area (Å²) in [5.41, 5.74) is 0. The Morgan fingerprint density at radius 2 is 2.21 bits per heavy atom. The molecule has 2 amide bonds. The van der Waals surface area contributed by atoms with Gasteiger partial charge in [0.2, 0.25) is 0 Å². The third-order valence-corrected chi connectivity index (χ3v) is 4.11. The van der Waals surface area contributed by atoms with E-state index in [1.54, 1.807) is 6.92 Å². The Morgan fingerprint density at radius 1 is 1.42 bits per heavy atom. The van der Waals surface area contributed by atoms with Crippen molar-refractivity contribution in [1.82, 2.24) is 10.2 Å². The van der Waals surface area contributed by atoms with Gasteiger partial charge in [-0.05, 0) is 31.6 Å². The number of amides is 2. The minimum Gasteiger partial charge on any atom is -0.480 e. The van der Waals surface area contributed by atoms with Crippen LogP contribution in [0.3, 0.4) is 0 Å². The first-order chi connectivity index (χ1) is 9.15. The van der Waals surface area contributed by atoms with Gasteiger partial charge in [-0.3, -0.25) is 0 Å². The van der Waals surface area contributed by atoms with Gasteiger partial charge in [0.1, 0.15) is 6.04 Å². The van der Waals surface area contributed by atoms with E-state index in [1.807, 2.05) is 0 Å². The van der Waals surface area contributed by atoms with Crippen molar-refractivity contribution in [1.29, 1.82) is 0 Å². The SMILES string of the molecule is CC#CCCNC(=O)N1CC2CCCC2C1C(=O)O. The zero-order valence-corrected chi connectivity index (χ0v) is 11.2. The number of hydrogen-bond acceptors (Lipinski definition) is 2. The fourth-order valence-electron chi connectivity index (χ4n) is 3.29. The van der Waals surface area contributed by atoms with Crippen LogP contribution in [-0.2, 0) is 4.79 Å². The lowest BCUT2D eigenvalue weighted by Gasteiger charge is -2.24. The highest BCUT2D eigenvalue weighted by molar-refractivity contribution is 5.83. The number of urea groups is 1. The van der Waals surface area contributed by atoms with E-state index in [0.29, 0.717) is 25.4 Å². The maximum absolute atomic E-state index is 12.1. The summed E-state index contributed by atoms with van der Waals surface area (Å²) in [7, 11) is 0. The molecule has 0 radical (unpaired) electrons. The summed E-state index contributed by atoms with van der Waals surface area (Å²) < 4.78 is 0. The summed E-state index contributed by atoms with van der Waals surface area (Å²) in [4.78, 5) is 24.9. The van der Waals surface area contributed by atoms with E-state index in [4.69, 9.17) is 0 Å². The van der Waals surface area contributed by atoms with Crippen LogP contribution in [0.25, 0.3) is 0 Å². The molecule has 1 saturated heterocycles. The molecule has 0 aromatic carbocycles. The number of carbonyl (C=O) groups is 2. The van der Waals surface area contributed by atoms with Gasteiger partial charge in [0.25, 0.3) is 0 Å². The number of nitrogens with one attached hydrogen (secondary N) is 1. The van der Waals surface area contributed by atoms with E-state index in [1.165, 1.54) is 4.90 Å². The lowest BCUT2D eigenvalue weighted by Crippen LogP contribution is -2.48. The molecule has 1 aliphatic carbocycles. The van der Waals surface area contributed by atoms with Gasteiger partial charge in [0.15, 0.2) is 0 Å². The molecular formula is C14H20N2O3. The number of carboxylic acid groups (broad SMARTS) is 1. The Morgan fingerprint density at radius 3 is 2.89 bits per heavy atom. The van der Waals surface area contributed by atoms with Crippen molar-refractivity contribution in [3.63, 3.8) is 0 Å². The molecule has 0 spiro atoms. The van der Waals surface area contributed by atoms with Crippen LogP contribution in [0, 0.1) is 23.7 Å². The van der Waals surface area contributed by atoms with Gasteiger partial charge in [-0.1, -0.05) is 6.42 Å². The Bertz CT molecular complexity index is 424. The monoisotopic (exact) mass is 264 g/mol. The Balaban J connectivity index is 1.95. The Hall–Kier alpha value is -1.70. The number of nitrogens with zero attached hydrogens (tertiary/aromatic N) is 1. The van der Waals surface area contributed by atoms with E-state index in [2.05, 4.69) is 17.2 Å². The summed E-state index contributed by atoms with van der Waals surface area (Å²) in [6.45, 7) is 2.80. The molecule has 3 atom stereocenters. The smallest absolute Gasteiger partial charge is 0.326 e. The van der Waals surface area contributed by atoms with Gasteiger partial charge < -0.3 is 15.3 Å². The van der Waals surface area contributed by atoms with E-state index in [0.717, 1.165) is 19.3 Å². The van der Waals surface area contributed by atoms with Gasteiger partial charge in [-0.15, -0.1) is 11.8 Å². The van der Waals surface area contributed by atoms with Crippen molar-refractivity contribution in [2.24, 2.45) is 11.8 Å². The van der Waals surface area contributed by atoms with Gasteiger partial charge in [0.05, 0.1) is 0 Å². The van der Waals surface area contributed by atoms with Crippen LogP contribution in [0.1, 0.15) is 32.6 Å². The van der Waals surface area contributed by atoms with Crippen LogP contribution < -0.4 is 5.32 Å². The largest absolute Gasteiger partial charge is 0.480 e. The van der Waals surface area contributed by atoms with Crippen LogP contribution in [0.5, 0.6) is 0 Å². The molecule has 2 N–H and O–H groups in total. The van der Waals surface area contributed by atoms with Crippen molar-refractivity contribution in [2.75, 3.05) is 13.1 Å². The highest BCUT2D eigenvalue weighted by Gasteiger charge is 2.49. The second kappa shape index (κ2) is 5.96. The molecule has 19 heavy (non-hydrogen) atoms. The van der Waals surface area contributed by atoms with Gasteiger partial charge in [-0.2, -0.15) is 0 Å². The van der Waals surface area contributed by atoms with Crippen LogP contribution in [0.15, 0.2) is 0 Å². The normalized spacial score (nSPS) is 28.5. The zero-order valence-electron chi connectivity index (χ0n) is 11.2. The lowest BCUT2D eigenvalue weighted by atomic mass is 9.94. The van der Waals surface area contributed by atoms with Crippen LogP contribution >= 0.6 is 0 Å². The van der Waals surface area contributed by atoms with Crippen molar-refractivity contribution in [2.45, 2.75) is 38.6 Å². The van der Waals surface area contributed by atoms with E-state index >= 15 is 0 Å². The highest BCUT2D eigenvalue weighted by Crippen LogP contribution is 2.42. The quantitative estimate of drug-likeness (QED) is 0.596. The topological polar surface area (TPSA) is 69.6 Å². The Kier molecular flexibility index (Phi) is 4.31. The van der Waals surface area contributed by atoms with Crippen LogP contribution in [0.4, 0.5) is 4.79 Å². The third kappa shape index (κ3) is 2.83. The Labute approximate surface area is 113 Å². The predicted molar refractivity (Wildman–Crippen MR) is 70.4 cm³/mol. The van der Waals surface area contributed by atoms with E-state index in [-0.39, 0.29) is 11.9 Å². The molecular weight excluding hydrogens is 244 g/mol. The summed E-state index contributed by atoms with van der Waals surface area (Å²) in [5.74, 6) is 5.25. The first kappa shape index (κ1) is 13.7. The molecule has 104 valence electrons. The summed E-state index contributed by atoms with van der Waals surface area (Å²) in [6.07, 6.45) is 3.65. The minimum atomic E-state index is -0.877. The predicted octanol–water partition coefficient (Wildman–Crippen LogP) is 1.29. The highest BCUT2D eigenvalue weighted by atomic mass is 16.4. The van der Waals surface area contributed by atoms with E-state index < -0.39 is 12.0 Å². The first-order valence-corrected chi connectivity index (χ1v) is 6.82. The average Bonchev–Trinajstić information content (AvgIpc) is 2.93. The third-order valence-electron chi connectivity index (χ3n) is 4.11. The number of fused-ring (bicyclic) bond motifs is 1. The lowest BCUT2D eigenvalue weighted by molar-refractivity contribution is -0.142. The summed E-state index contributed by atoms with van der Waals surface area (Å²) >= 11 is 0. The summed E-state index contributed by atoms with van der Waals surface area (Å²) in [5, 5.41) is 12.1. The van der Waals surface area contributed by atoms with E-state index in [9.17, 15) is 14.7 Å². The van der Waals surface area contributed by atoms with Gasteiger partial charge in [0, 0.05) is 19.5 Å². The molecule has 0 aromatic rings. The second-order valence-electron chi connectivity index (χ2n) is 5.20. The van der Waals surface area contributed by atoms with Gasteiger partial charge in [-0.25, -0.2) is 9.59 Å².